The molecule has 1 N–H and O–H groups in total. The number of carbonyl (C=O) groups excluding carboxylic acids is 2. The van der Waals surface area contributed by atoms with Crippen LogP contribution < -0.4 is 5.32 Å². The van der Waals surface area contributed by atoms with Gasteiger partial charge in [0.15, 0.2) is 5.78 Å². The summed E-state index contributed by atoms with van der Waals surface area (Å²) in [4.78, 5) is 37.4. The molecule has 1 amide bonds. The number of aryl methyl sites for hydroxylation is 1. The number of likely N-dealkylation sites (tertiary alicyclic amines) is 1. The number of nitrogens with one attached hydrogen (secondary N) is 1. The molecular formula is C21H23N3O4. The maximum atomic E-state index is 12.6. The molecule has 0 unspecified atom stereocenters. The van der Waals surface area contributed by atoms with E-state index in [2.05, 4.69) is 5.32 Å². The zero-order chi connectivity index (χ0) is 20.1. The maximum absolute atomic E-state index is 12.6. The van der Waals surface area contributed by atoms with E-state index < -0.39 is 4.92 Å². The van der Waals surface area contributed by atoms with Crippen LogP contribution in [0.5, 0.6) is 0 Å². The van der Waals surface area contributed by atoms with E-state index in [-0.39, 0.29) is 35.5 Å². The van der Waals surface area contributed by atoms with Gasteiger partial charge in [0.2, 0.25) is 5.91 Å². The Bertz CT molecular complexity index is 871. The molecule has 28 heavy (non-hydrogen) atoms. The molecule has 1 aliphatic heterocycles. The van der Waals surface area contributed by atoms with Crippen LogP contribution in [0.2, 0.25) is 0 Å². The molecule has 1 aliphatic rings. The molecule has 2 aromatic rings. The van der Waals surface area contributed by atoms with Gasteiger partial charge in [0.1, 0.15) is 5.69 Å². The van der Waals surface area contributed by atoms with Crippen molar-refractivity contribution in [2.75, 3.05) is 25.0 Å². The Hall–Kier alpha value is -3.06. The summed E-state index contributed by atoms with van der Waals surface area (Å²) < 4.78 is 0. The summed E-state index contributed by atoms with van der Waals surface area (Å²) >= 11 is 0. The van der Waals surface area contributed by atoms with E-state index in [9.17, 15) is 19.7 Å². The summed E-state index contributed by atoms with van der Waals surface area (Å²) in [6.07, 6.45) is 1.40. The number of hydrogen-bond donors (Lipinski definition) is 1. The van der Waals surface area contributed by atoms with Crippen molar-refractivity contribution in [2.45, 2.75) is 19.8 Å². The molecule has 7 nitrogen and oxygen atoms in total. The number of para-hydroxylation sites is 2. The quantitative estimate of drug-likeness (QED) is 0.470. The van der Waals surface area contributed by atoms with Crippen LogP contribution in [0.3, 0.4) is 0 Å². The number of rotatable bonds is 6. The molecule has 0 bridgehead atoms. The number of benzene rings is 2. The van der Waals surface area contributed by atoms with Crippen molar-refractivity contribution in [3.63, 3.8) is 0 Å². The highest BCUT2D eigenvalue weighted by atomic mass is 16.6. The molecule has 0 saturated carbocycles. The Morgan fingerprint density at radius 1 is 1.11 bits per heavy atom. The smallest absolute Gasteiger partial charge is 0.292 e. The van der Waals surface area contributed by atoms with Gasteiger partial charge in [-0.25, -0.2) is 0 Å². The lowest BCUT2D eigenvalue weighted by Gasteiger charge is -2.30. The molecule has 0 atom stereocenters. The molecule has 2 aromatic carbocycles. The first-order chi connectivity index (χ1) is 13.4. The third kappa shape index (κ3) is 4.80. The fourth-order valence-corrected chi connectivity index (χ4v) is 3.44. The predicted octanol–water partition coefficient (Wildman–Crippen LogP) is 3.44. The van der Waals surface area contributed by atoms with Gasteiger partial charge >= 0.3 is 0 Å². The van der Waals surface area contributed by atoms with E-state index in [1.807, 2.05) is 36.1 Å². The number of hydrogen-bond acceptors (Lipinski definition) is 5. The van der Waals surface area contributed by atoms with Crippen LogP contribution >= 0.6 is 0 Å². The van der Waals surface area contributed by atoms with E-state index in [0.717, 1.165) is 11.1 Å². The monoisotopic (exact) mass is 381 g/mol. The van der Waals surface area contributed by atoms with Gasteiger partial charge < -0.3 is 5.32 Å². The average molecular weight is 381 g/mol. The summed E-state index contributed by atoms with van der Waals surface area (Å²) in [6.45, 7) is 3.43. The highest BCUT2D eigenvalue weighted by molar-refractivity contribution is 5.98. The highest BCUT2D eigenvalue weighted by Crippen LogP contribution is 2.24. The van der Waals surface area contributed by atoms with Crippen molar-refractivity contribution in [3.8, 4) is 0 Å². The SMILES string of the molecule is Cc1ccc(C(=O)C2CCN(CC(=O)Nc3ccccc3[N+](=O)[O-])CC2)cc1. The van der Waals surface area contributed by atoms with Crippen molar-refractivity contribution in [1.29, 1.82) is 0 Å². The Kier molecular flexibility index (Phi) is 6.16. The molecule has 146 valence electrons. The summed E-state index contributed by atoms with van der Waals surface area (Å²) in [5, 5.41) is 13.7. The zero-order valence-electron chi connectivity index (χ0n) is 15.8. The number of amides is 1. The van der Waals surface area contributed by atoms with Crippen molar-refractivity contribution in [3.05, 3.63) is 69.8 Å². The first-order valence-corrected chi connectivity index (χ1v) is 9.30. The third-order valence-corrected chi connectivity index (χ3v) is 5.04. The first kappa shape index (κ1) is 19.7. The predicted molar refractivity (Wildman–Crippen MR) is 106 cm³/mol. The molecule has 0 spiro atoms. The van der Waals surface area contributed by atoms with E-state index in [1.165, 1.54) is 12.1 Å². The van der Waals surface area contributed by atoms with Crippen LogP contribution in [0.4, 0.5) is 11.4 Å². The Morgan fingerprint density at radius 2 is 1.75 bits per heavy atom. The van der Waals surface area contributed by atoms with E-state index in [1.54, 1.807) is 12.1 Å². The lowest BCUT2D eigenvalue weighted by molar-refractivity contribution is -0.383. The van der Waals surface area contributed by atoms with Crippen molar-refractivity contribution in [1.82, 2.24) is 4.90 Å². The van der Waals surface area contributed by atoms with E-state index >= 15 is 0 Å². The minimum Gasteiger partial charge on any atom is -0.319 e. The summed E-state index contributed by atoms with van der Waals surface area (Å²) in [5.74, 6) is -0.168. The van der Waals surface area contributed by atoms with Crippen LogP contribution in [0.25, 0.3) is 0 Å². The fraction of sp³-hybridized carbons (Fsp3) is 0.333. The second-order valence-corrected chi connectivity index (χ2v) is 7.10. The average Bonchev–Trinajstić information content (AvgIpc) is 2.69. The summed E-state index contributed by atoms with van der Waals surface area (Å²) in [5.41, 5.74) is 1.93. The van der Waals surface area contributed by atoms with Crippen molar-refractivity contribution < 1.29 is 14.5 Å². The molecule has 0 radical (unpaired) electrons. The first-order valence-electron chi connectivity index (χ1n) is 9.30. The Balaban J connectivity index is 1.51. The molecule has 7 heteroatoms. The van der Waals surface area contributed by atoms with Gasteiger partial charge in [-0.05, 0) is 38.9 Å². The number of carbonyl (C=O) groups is 2. The van der Waals surface area contributed by atoms with Crippen LogP contribution in [-0.2, 0) is 4.79 Å². The van der Waals surface area contributed by atoms with Crippen LogP contribution in [0, 0.1) is 23.0 Å². The molecule has 3 rings (SSSR count). The second-order valence-electron chi connectivity index (χ2n) is 7.10. The molecular weight excluding hydrogens is 358 g/mol. The Labute approximate surface area is 163 Å². The third-order valence-electron chi connectivity index (χ3n) is 5.04. The van der Waals surface area contributed by atoms with E-state index in [4.69, 9.17) is 0 Å². The number of ketones is 1. The van der Waals surface area contributed by atoms with Gasteiger partial charge in [0.05, 0.1) is 11.5 Å². The highest BCUT2D eigenvalue weighted by Gasteiger charge is 2.27. The van der Waals surface area contributed by atoms with Crippen molar-refractivity contribution >= 4 is 23.1 Å². The minimum absolute atomic E-state index is 0.0303. The number of nitrogens with zero attached hydrogens (tertiary/aromatic N) is 2. The van der Waals surface area contributed by atoms with Gasteiger partial charge in [-0.2, -0.15) is 0 Å². The minimum atomic E-state index is -0.516. The van der Waals surface area contributed by atoms with Crippen LogP contribution in [-0.4, -0.2) is 41.1 Å². The standard InChI is InChI=1S/C21H23N3O4/c1-15-6-8-16(9-7-15)21(26)17-10-12-23(13-11-17)14-20(25)22-18-4-2-3-5-19(18)24(27)28/h2-9,17H,10-14H2,1H3,(H,22,25). The summed E-state index contributed by atoms with van der Waals surface area (Å²) in [6, 6.07) is 13.7. The Morgan fingerprint density at radius 3 is 2.39 bits per heavy atom. The van der Waals surface area contributed by atoms with Gasteiger partial charge in [-0.15, -0.1) is 0 Å². The molecule has 0 aliphatic carbocycles. The largest absolute Gasteiger partial charge is 0.319 e. The fourth-order valence-electron chi connectivity index (χ4n) is 3.44. The molecule has 0 aromatic heterocycles. The van der Waals surface area contributed by atoms with Crippen molar-refractivity contribution in [2.24, 2.45) is 5.92 Å². The van der Waals surface area contributed by atoms with Gasteiger partial charge in [0, 0.05) is 17.5 Å². The number of nitro benzene ring substituents is 1. The van der Waals surface area contributed by atoms with Crippen LogP contribution in [0.1, 0.15) is 28.8 Å². The number of piperidine rings is 1. The zero-order valence-corrected chi connectivity index (χ0v) is 15.8. The lowest BCUT2D eigenvalue weighted by Crippen LogP contribution is -2.40. The van der Waals surface area contributed by atoms with E-state index in [0.29, 0.717) is 25.9 Å². The summed E-state index contributed by atoms with van der Waals surface area (Å²) in [7, 11) is 0. The number of Topliss-reactive ketones (excluding diaryl/α,β-unsaturated/α-hetero) is 1. The molecule has 1 heterocycles. The number of anilines is 1. The van der Waals surface area contributed by atoms with Gasteiger partial charge in [0.25, 0.3) is 5.69 Å². The number of nitro groups is 1. The molecule has 1 saturated heterocycles. The van der Waals surface area contributed by atoms with Gasteiger partial charge in [-0.1, -0.05) is 42.0 Å². The maximum Gasteiger partial charge on any atom is 0.292 e. The second kappa shape index (κ2) is 8.75. The topological polar surface area (TPSA) is 92.6 Å². The molecule has 1 fully saturated rings. The lowest BCUT2D eigenvalue weighted by atomic mass is 9.88. The van der Waals surface area contributed by atoms with Crippen LogP contribution in [0.15, 0.2) is 48.5 Å². The normalized spacial score (nSPS) is 15.2. The van der Waals surface area contributed by atoms with Gasteiger partial charge in [-0.3, -0.25) is 24.6 Å².